The molecule has 0 aliphatic heterocycles. The summed E-state index contributed by atoms with van der Waals surface area (Å²) < 4.78 is 47.7. The quantitative estimate of drug-likeness (QED) is 0.376. The summed E-state index contributed by atoms with van der Waals surface area (Å²) in [6, 6.07) is 17.0. The van der Waals surface area contributed by atoms with Gasteiger partial charge in [-0.05, 0) is 60.7 Å². The monoisotopic (exact) mass is 457 g/mol. The van der Waals surface area contributed by atoms with E-state index in [1.807, 2.05) is 0 Å². The molecule has 0 aliphatic rings. The highest BCUT2D eigenvalue weighted by Crippen LogP contribution is 2.27. The maximum absolute atomic E-state index is 12.9. The summed E-state index contributed by atoms with van der Waals surface area (Å²) in [5, 5.41) is 0. The molecule has 0 amide bonds. The lowest BCUT2D eigenvalue weighted by Crippen LogP contribution is -2.26. The maximum Gasteiger partial charge on any atom is 0.343 e. The van der Waals surface area contributed by atoms with E-state index in [9.17, 15) is 13.2 Å². The van der Waals surface area contributed by atoms with Crippen molar-refractivity contribution in [3.05, 3.63) is 72.3 Å². The Labute approximate surface area is 187 Å². The second-order valence-corrected chi connectivity index (χ2v) is 8.60. The number of carbonyl (C=O) groups excluding carboxylic acids is 1. The van der Waals surface area contributed by atoms with E-state index in [0.717, 1.165) is 4.31 Å². The molecule has 0 aromatic heterocycles. The number of hydrogen-bond acceptors (Lipinski definition) is 7. The summed E-state index contributed by atoms with van der Waals surface area (Å²) in [6.07, 6.45) is 0. The SMILES string of the molecule is COc1ccc(S(=O)(=O)N(C)c2ccc(OC(=O)c3cc(OC)cc(OC)c3)cc2)cc1. The van der Waals surface area contributed by atoms with E-state index in [2.05, 4.69) is 0 Å². The van der Waals surface area contributed by atoms with Gasteiger partial charge < -0.3 is 18.9 Å². The predicted molar refractivity (Wildman–Crippen MR) is 120 cm³/mol. The van der Waals surface area contributed by atoms with Crippen LogP contribution in [0.4, 0.5) is 5.69 Å². The molecule has 0 unspecified atom stereocenters. The van der Waals surface area contributed by atoms with Crippen LogP contribution in [-0.2, 0) is 10.0 Å². The van der Waals surface area contributed by atoms with Gasteiger partial charge in [0.1, 0.15) is 23.0 Å². The van der Waals surface area contributed by atoms with Crippen LogP contribution in [0.3, 0.4) is 0 Å². The van der Waals surface area contributed by atoms with Crippen LogP contribution in [0.2, 0.25) is 0 Å². The first-order chi connectivity index (χ1) is 15.3. The molecule has 3 aromatic rings. The minimum Gasteiger partial charge on any atom is -0.497 e. The van der Waals surface area contributed by atoms with Gasteiger partial charge in [-0.15, -0.1) is 0 Å². The molecule has 8 nitrogen and oxygen atoms in total. The fourth-order valence-corrected chi connectivity index (χ4v) is 4.06. The average Bonchev–Trinajstić information content (AvgIpc) is 2.83. The minimum absolute atomic E-state index is 0.128. The lowest BCUT2D eigenvalue weighted by Gasteiger charge is -2.20. The first-order valence-corrected chi connectivity index (χ1v) is 10.9. The van der Waals surface area contributed by atoms with E-state index >= 15 is 0 Å². The molecule has 0 aliphatic carbocycles. The van der Waals surface area contributed by atoms with Crippen molar-refractivity contribution in [2.45, 2.75) is 4.90 Å². The molecule has 168 valence electrons. The average molecular weight is 458 g/mol. The Hall–Kier alpha value is -3.72. The van der Waals surface area contributed by atoms with Crippen molar-refractivity contribution in [3.63, 3.8) is 0 Å². The standard InChI is InChI=1S/C23H23NO7S/c1-24(32(26,27)22-11-9-18(28-2)10-12-22)17-5-7-19(8-6-17)31-23(25)16-13-20(29-3)15-21(14-16)30-4/h5-15H,1-4H3. The Balaban J connectivity index is 1.76. The molecular weight excluding hydrogens is 434 g/mol. The van der Waals surface area contributed by atoms with Gasteiger partial charge in [-0.1, -0.05) is 0 Å². The molecule has 0 bridgehead atoms. The summed E-state index contributed by atoms with van der Waals surface area (Å²) in [6.45, 7) is 0. The number of ether oxygens (including phenoxy) is 4. The van der Waals surface area contributed by atoms with Crippen LogP contribution in [0, 0.1) is 0 Å². The van der Waals surface area contributed by atoms with Gasteiger partial charge in [0.05, 0.1) is 37.5 Å². The van der Waals surface area contributed by atoms with Crippen molar-refractivity contribution < 1.29 is 32.2 Å². The summed E-state index contributed by atoms with van der Waals surface area (Å²) in [4.78, 5) is 12.6. The van der Waals surface area contributed by atoms with Crippen LogP contribution < -0.4 is 23.3 Å². The Morgan fingerprint density at radius 3 is 1.72 bits per heavy atom. The maximum atomic E-state index is 12.9. The van der Waals surface area contributed by atoms with Gasteiger partial charge in [-0.3, -0.25) is 4.31 Å². The third-order valence-corrected chi connectivity index (χ3v) is 6.52. The zero-order valence-corrected chi connectivity index (χ0v) is 18.9. The highest BCUT2D eigenvalue weighted by molar-refractivity contribution is 7.92. The third kappa shape index (κ3) is 4.94. The highest BCUT2D eigenvalue weighted by atomic mass is 32.2. The van der Waals surface area contributed by atoms with Crippen molar-refractivity contribution in [1.29, 1.82) is 0 Å². The van der Waals surface area contributed by atoms with Gasteiger partial charge in [0.2, 0.25) is 0 Å². The molecule has 0 saturated heterocycles. The number of rotatable bonds is 8. The van der Waals surface area contributed by atoms with Crippen LogP contribution >= 0.6 is 0 Å². The van der Waals surface area contributed by atoms with Crippen LogP contribution in [0.25, 0.3) is 0 Å². The molecule has 0 heterocycles. The fraction of sp³-hybridized carbons (Fsp3) is 0.174. The molecule has 32 heavy (non-hydrogen) atoms. The second kappa shape index (κ2) is 9.61. The number of methoxy groups -OCH3 is 3. The second-order valence-electron chi connectivity index (χ2n) is 6.63. The van der Waals surface area contributed by atoms with E-state index in [1.54, 1.807) is 30.3 Å². The number of carbonyl (C=O) groups is 1. The van der Waals surface area contributed by atoms with E-state index in [4.69, 9.17) is 18.9 Å². The first-order valence-electron chi connectivity index (χ1n) is 9.47. The molecular formula is C23H23NO7S. The Bertz CT molecular complexity index is 1170. The van der Waals surface area contributed by atoms with Gasteiger partial charge in [-0.25, -0.2) is 13.2 Å². The summed E-state index contributed by atoms with van der Waals surface area (Å²) in [5.41, 5.74) is 0.660. The van der Waals surface area contributed by atoms with Crippen LogP contribution in [-0.4, -0.2) is 42.8 Å². The van der Waals surface area contributed by atoms with Gasteiger partial charge in [-0.2, -0.15) is 0 Å². The molecule has 9 heteroatoms. The molecule has 0 atom stereocenters. The molecule has 3 rings (SSSR count). The Morgan fingerprint density at radius 1 is 0.719 bits per heavy atom. The summed E-state index contributed by atoms with van der Waals surface area (Å²) in [7, 11) is 2.16. The molecule has 0 radical (unpaired) electrons. The number of esters is 1. The summed E-state index contributed by atoms with van der Waals surface area (Å²) >= 11 is 0. The fourth-order valence-electron chi connectivity index (χ4n) is 2.86. The molecule has 3 aromatic carbocycles. The van der Waals surface area contributed by atoms with E-state index < -0.39 is 16.0 Å². The van der Waals surface area contributed by atoms with Gasteiger partial charge in [0.15, 0.2) is 0 Å². The van der Waals surface area contributed by atoms with Crippen molar-refractivity contribution in [2.24, 2.45) is 0 Å². The number of nitrogens with zero attached hydrogens (tertiary/aromatic N) is 1. The topological polar surface area (TPSA) is 91.4 Å². The van der Waals surface area contributed by atoms with Crippen molar-refractivity contribution in [3.8, 4) is 23.0 Å². The normalized spacial score (nSPS) is 10.9. The minimum atomic E-state index is -3.77. The predicted octanol–water partition coefficient (Wildman–Crippen LogP) is 3.76. The zero-order valence-electron chi connectivity index (χ0n) is 18.1. The molecule has 0 spiro atoms. The number of sulfonamides is 1. The van der Waals surface area contributed by atoms with Gasteiger partial charge in [0, 0.05) is 13.1 Å². The van der Waals surface area contributed by atoms with Gasteiger partial charge in [0.25, 0.3) is 10.0 Å². The first kappa shape index (κ1) is 23.0. The Morgan fingerprint density at radius 2 is 1.22 bits per heavy atom. The van der Waals surface area contributed by atoms with E-state index in [0.29, 0.717) is 22.9 Å². The Kier molecular flexibility index (Phi) is 6.89. The number of anilines is 1. The number of hydrogen-bond donors (Lipinski definition) is 0. The van der Waals surface area contributed by atoms with Gasteiger partial charge >= 0.3 is 5.97 Å². The van der Waals surface area contributed by atoms with Crippen molar-refractivity contribution >= 4 is 21.7 Å². The third-order valence-electron chi connectivity index (χ3n) is 4.72. The lowest BCUT2D eigenvalue weighted by atomic mass is 10.2. The zero-order chi connectivity index (χ0) is 23.3. The lowest BCUT2D eigenvalue weighted by molar-refractivity contribution is 0.0734. The van der Waals surface area contributed by atoms with Crippen molar-refractivity contribution in [1.82, 2.24) is 0 Å². The van der Waals surface area contributed by atoms with Crippen LogP contribution in [0.5, 0.6) is 23.0 Å². The smallest absolute Gasteiger partial charge is 0.343 e. The van der Waals surface area contributed by atoms with Crippen LogP contribution in [0.1, 0.15) is 10.4 Å². The molecule has 0 fully saturated rings. The van der Waals surface area contributed by atoms with E-state index in [-0.39, 0.29) is 16.2 Å². The van der Waals surface area contributed by atoms with Crippen LogP contribution in [0.15, 0.2) is 71.6 Å². The highest BCUT2D eigenvalue weighted by Gasteiger charge is 2.21. The molecule has 0 saturated carbocycles. The van der Waals surface area contributed by atoms with Crippen molar-refractivity contribution in [2.75, 3.05) is 32.7 Å². The van der Waals surface area contributed by atoms with E-state index in [1.165, 1.54) is 64.8 Å². The summed E-state index contributed by atoms with van der Waals surface area (Å²) in [5.74, 6) is 1.13. The largest absolute Gasteiger partial charge is 0.497 e. The number of benzene rings is 3. The molecule has 0 N–H and O–H groups in total.